The molecule has 1 aliphatic heterocycles. The molecule has 2 aromatic carbocycles. The predicted molar refractivity (Wildman–Crippen MR) is 113 cm³/mol. The third-order valence-corrected chi connectivity index (χ3v) is 5.07. The number of anilines is 2. The van der Waals surface area contributed by atoms with Crippen molar-refractivity contribution in [2.45, 2.75) is 0 Å². The van der Waals surface area contributed by atoms with Gasteiger partial charge in [0.25, 0.3) is 0 Å². The monoisotopic (exact) mass is 384 g/mol. The Morgan fingerprint density at radius 1 is 0.862 bits per heavy atom. The number of aromatic nitrogens is 4. The Labute approximate surface area is 168 Å². The fraction of sp³-hybridized carbons (Fsp3) is 0.182. The highest BCUT2D eigenvalue weighted by Crippen LogP contribution is 2.31. The maximum atomic E-state index is 5.83. The molecule has 144 valence electrons. The van der Waals surface area contributed by atoms with Gasteiger partial charge in [-0.25, -0.2) is 4.98 Å². The highest BCUT2D eigenvalue weighted by atomic mass is 16.5. The number of benzene rings is 2. The molecule has 2 aromatic heterocycles. The van der Waals surface area contributed by atoms with Gasteiger partial charge in [-0.3, -0.25) is 4.98 Å². The van der Waals surface area contributed by atoms with Gasteiger partial charge in [0, 0.05) is 29.6 Å². The van der Waals surface area contributed by atoms with Crippen molar-refractivity contribution in [3.63, 3.8) is 0 Å². The number of morpholine rings is 1. The van der Waals surface area contributed by atoms with E-state index in [2.05, 4.69) is 37.2 Å². The average Bonchev–Trinajstić information content (AvgIpc) is 2.79. The Hall–Kier alpha value is -3.58. The quantitative estimate of drug-likeness (QED) is 0.580. The number of hydrogen-bond donors (Lipinski definition) is 1. The molecule has 1 saturated heterocycles. The van der Waals surface area contributed by atoms with Gasteiger partial charge in [-0.05, 0) is 18.2 Å². The normalized spacial score (nSPS) is 14.3. The largest absolute Gasteiger partial charge is 0.378 e. The standard InChI is InChI=1S/C22H20N6O/c23-22-25-20(15-4-2-1-3-5-15)21(26-27-22)16-6-7-19-17(12-16)13-18(14-24-19)28-8-10-29-11-9-28/h1-7,12-14H,8-11H2,(H2,23,25,27). The van der Waals surface area contributed by atoms with E-state index in [0.717, 1.165) is 59.7 Å². The van der Waals surface area contributed by atoms with Crippen molar-refractivity contribution >= 4 is 22.5 Å². The van der Waals surface area contributed by atoms with Gasteiger partial charge < -0.3 is 15.4 Å². The molecule has 0 spiro atoms. The Bertz CT molecular complexity index is 1160. The second-order valence-corrected chi connectivity index (χ2v) is 6.93. The number of nitrogens with two attached hydrogens (primary N) is 1. The molecular formula is C22H20N6O. The number of hydrogen-bond acceptors (Lipinski definition) is 7. The number of rotatable bonds is 3. The van der Waals surface area contributed by atoms with Crippen LogP contribution in [0.1, 0.15) is 0 Å². The van der Waals surface area contributed by atoms with Crippen LogP contribution in [0.5, 0.6) is 0 Å². The van der Waals surface area contributed by atoms with E-state index in [1.165, 1.54) is 0 Å². The highest BCUT2D eigenvalue weighted by molar-refractivity contribution is 5.88. The fourth-order valence-electron chi connectivity index (χ4n) is 3.59. The zero-order valence-corrected chi connectivity index (χ0v) is 15.8. The minimum atomic E-state index is 0.157. The number of fused-ring (bicyclic) bond motifs is 1. The number of ether oxygens (including phenoxy) is 1. The van der Waals surface area contributed by atoms with Crippen molar-refractivity contribution in [2.24, 2.45) is 0 Å². The maximum Gasteiger partial charge on any atom is 0.240 e. The molecule has 3 heterocycles. The molecule has 0 radical (unpaired) electrons. The van der Waals surface area contributed by atoms with Gasteiger partial charge in [-0.15, -0.1) is 10.2 Å². The first-order valence-electron chi connectivity index (χ1n) is 9.56. The average molecular weight is 384 g/mol. The molecule has 0 atom stereocenters. The van der Waals surface area contributed by atoms with Crippen molar-refractivity contribution in [2.75, 3.05) is 36.9 Å². The molecular weight excluding hydrogens is 364 g/mol. The van der Waals surface area contributed by atoms with Gasteiger partial charge >= 0.3 is 0 Å². The molecule has 4 aromatic rings. The zero-order valence-electron chi connectivity index (χ0n) is 15.8. The topological polar surface area (TPSA) is 90.0 Å². The Morgan fingerprint density at radius 3 is 2.52 bits per heavy atom. The first kappa shape index (κ1) is 17.5. The summed E-state index contributed by atoms with van der Waals surface area (Å²) in [5, 5.41) is 9.40. The maximum absolute atomic E-state index is 5.83. The van der Waals surface area contributed by atoms with Crippen molar-refractivity contribution in [1.82, 2.24) is 20.2 Å². The number of nitrogen functional groups attached to an aromatic ring is 1. The molecule has 0 amide bonds. The molecule has 1 fully saturated rings. The molecule has 5 rings (SSSR count). The second-order valence-electron chi connectivity index (χ2n) is 6.93. The van der Waals surface area contributed by atoms with E-state index < -0.39 is 0 Å². The van der Waals surface area contributed by atoms with Crippen molar-refractivity contribution in [3.05, 3.63) is 60.8 Å². The molecule has 0 unspecified atom stereocenters. The van der Waals surface area contributed by atoms with Gasteiger partial charge in [0.15, 0.2) is 0 Å². The van der Waals surface area contributed by atoms with Crippen molar-refractivity contribution < 1.29 is 4.74 Å². The summed E-state index contributed by atoms with van der Waals surface area (Å²) >= 11 is 0. The van der Waals surface area contributed by atoms with Crippen LogP contribution < -0.4 is 10.6 Å². The third kappa shape index (κ3) is 3.48. The summed E-state index contributed by atoms with van der Waals surface area (Å²) in [6.07, 6.45) is 1.92. The molecule has 7 nitrogen and oxygen atoms in total. The minimum absolute atomic E-state index is 0.157. The third-order valence-electron chi connectivity index (χ3n) is 5.07. The second kappa shape index (κ2) is 7.44. The van der Waals surface area contributed by atoms with Crippen LogP contribution in [0.3, 0.4) is 0 Å². The lowest BCUT2D eigenvalue weighted by atomic mass is 10.0. The first-order chi connectivity index (χ1) is 14.3. The van der Waals surface area contributed by atoms with Crippen LogP contribution in [-0.2, 0) is 4.74 Å². The Morgan fingerprint density at radius 2 is 1.69 bits per heavy atom. The van der Waals surface area contributed by atoms with Crippen molar-refractivity contribution in [1.29, 1.82) is 0 Å². The zero-order chi connectivity index (χ0) is 19.6. The molecule has 29 heavy (non-hydrogen) atoms. The van der Waals surface area contributed by atoms with E-state index in [1.54, 1.807) is 0 Å². The molecule has 2 N–H and O–H groups in total. The summed E-state index contributed by atoms with van der Waals surface area (Å²) in [6, 6.07) is 18.1. The molecule has 1 aliphatic rings. The van der Waals surface area contributed by atoms with Gasteiger partial charge in [-0.2, -0.15) is 0 Å². The number of pyridine rings is 1. The van der Waals surface area contributed by atoms with Crippen LogP contribution in [0.4, 0.5) is 11.6 Å². The van der Waals surface area contributed by atoms with Gasteiger partial charge in [0.05, 0.1) is 30.6 Å². The lowest BCUT2D eigenvalue weighted by molar-refractivity contribution is 0.122. The molecule has 0 aliphatic carbocycles. The van der Waals surface area contributed by atoms with E-state index in [9.17, 15) is 0 Å². The van der Waals surface area contributed by atoms with Crippen LogP contribution in [0, 0.1) is 0 Å². The van der Waals surface area contributed by atoms with Gasteiger partial charge in [0.1, 0.15) is 11.4 Å². The summed E-state index contributed by atoms with van der Waals surface area (Å²) < 4.78 is 5.46. The molecule has 7 heteroatoms. The van der Waals surface area contributed by atoms with E-state index >= 15 is 0 Å². The van der Waals surface area contributed by atoms with Gasteiger partial charge in [0.2, 0.25) is 5.95 Å². The molecule has 0 bridgehead atoms. The summed E-state index contributed by atoms with van der Waals surface area (Å²) in [5.41, 5.74) is 11.2. The predicted octanol–water partition coefficient (Wildman–Crippen LogP) is 3.17. The van der Waals surface area contributed by atoms with Crippen LogP contribution in [0.15, 0.2) is 60.8 Å². The fourth-order valence-corrected chi connectivity index (χ4v) is 3.59. The Kier molecular flexibility index (Phi) is 4.50. The smallest absolute Gasteiger partial charge is 0.240 e. The van der Waals surface area contributed by atoms with E-state index in [4.69, 9.17) is 10.5 Å². The summed E-state index contributed by atoms with van der Waals surface area (Å²) in [6.45, 7) is 3.23. The van der Waals surface area contributed by atoms with E-state index in [0.29, 0.717) is 5.69 Å². The Balaban J connectivity index is 1.60. The lowest BCUT2D eigenvalue weighted by Gasteiger charge is -2.28. The molecule has 0 saturated carbocycles. The van der Waals surface area contributed by atoms with Crippen LogP contribution in [0.2, 0.25) is 0 Å². The summed E-state index contributed by atoms with van der Waals surface area (Å²) in [7, 11) is 0. The van der Waals surface area contributed by atoms with Crippen molar-refractivity contribution in [3.8, 4) is 22.5 Å². The van der Waals surface area contributed by atoms with E-state index in [1.807, 2.05) is 48.7 Å². The summed E-state index contributed by atoms with van der Waals surface area (Å²) in [5.74, 6) is 0.157. The van der Waals surface area contributed by atoms with Crippen LogP contribution in [-0.4, -0.2) is 46.5 Å². The van der Waals surface area contributed by atoms with E-state index in [-0.39, 0.29) is 5.95 Å². The first-order valence-corrected chi connectivity index (χ1v) is 9.56. The van der Waals surface area contributed by atoms with Crippen LogP contribution in [0.25, 0.3) is 33.4 Å². The summed E-state index contributed by atoms with van der Waals surface area (Å²) in [4.78, 5) is 11.4. The highest BCUT2D eigenvalue weighted by Gasteiger charge is 2.15. The minimum Gasteiger partial charge on any atom is -0.378 e. The van der Waals surface area contributed by atoms with Gasteiger partial charge in [-0.1, -0.05) is 36.4 Å². The van der Waals surface area contributed by atoms with Crippen LogP contribution >= 0.6 is 0 Å². The lowest BCUT2D eigenvalue weighted by Crippen LogP contribution is -2.36. The SMILES string of the molecule is Nc1nnc(-c2ccc3ncc(N4CCOCC4)cc3c2)c(-c2ccccc2)n1. The number of nitrogens with zero attached hydrogens (tertiary/aromatic N) is 5.